The Bertz CT molecular complexity index is 776. The maximum absolute atomic E-state index is 10.2. The summed E-state index contributed by atoms with van der Waals surface area (Å²) in [4.78, 5) is 9.85. The molecule has 0 saturated carbocycles. The fourth-order valence-electron chi connectivity index (χ4n) is 3.47. The molecule has 0 atom stereocenters. The first-order valence-corrected chi connectivity index (χ1v) is 9.86. The van der Waals surface area contributed by atoms with Gasteiger partial charge in [-0.3, -0.25) is 10.1 Å². The monoisotopic (exact) mass is 369 g/mol. The van der Waals surface area contributed by atoms with Gasteiger partial charge in [-0.2, -0.15) is 0 Å². The lowest BCUT2D eigenvalue weighted by Gasteiger charge is -2.42. The molecule has 148 valence electrons. The third kappa shape index (κ3) is 5.66. The largest absolute Gasteiger partial charge is 0.272 e. The van der Waals surface area contributed by atoms with Crippen LogP contribution in [0.25, 0.3) is 0 Å². The SMILES string of the molecule is CC.Cc1ccc2c(c1)C(C)(C)CCC2(C)C.Cc1ccccc1[N+](=O)[O-]. The first-order chi connectivity index (χ1) is 12.5. The van der Waals surface area contributed by atoms with Crippen LogP contribution in [0, 0.1) is 24.0 Å². The van der Waals surface area contributed by atoms with Gasteiger partial charge in [-0.1, -0.05) is 83.5 Å². The zero-order valence-corrected chi connectivity index (χ0v) is 18.2. The third-order valence-corrected chi connectivity index (χ3v) is 5.32. The quantitative estimate of drug-likeness (QED) is 0.392. The van der Waals surface area contributed by atoms with E-state index in [1.807, 2.05) is 13.8 Å². The van der Waals surface area contributed by atoms with Crippen molar-refractivity contribution in [1.82, 2.24) is 0 Å². The predicted molar refractivity (Wildman–Crippen MR) is 116 cm³/mol. The number of para-hydroxylation sites is 1. The summed E-state index contributed by atoms with van der Waals surface area (Å²) < 4.78 is 0. The number of nitro groups is 1. The smallest absolute Gasteiger partial charge is 0.258 e. The topological polar surface area (TPSA) is 43.1 Å². The second-order valence-electron chi connectivity index (χ2n) is 8.36. The van der Waals surface area contributed by atoms with Crippen molar-refractivity contribution < 1.29 is 4.92 Å². The zero-order valence-electron chi connectivity index (χ0n) is 18.2. The minimum absolute atomic E-state index is 0.183. The number of nitrogens with zero attached hydrogens (tertiary/aromatic N) is 1. The van der Waals surface area contributed by atoms with Gasteiger partial charge in [-0.05, 0) is 48.6 Å². The second kappa shape index (κ2) is 9.16. The highest BCUT2D eigenvalue weighted by atomic mass is 16.6. The van der Waals surface area contributed by atoms with Crippen molar-refractivity contribution in [2.45, 2.75) is 79.1 Å². The molecule has 0 bridgehead atoms. The highest BCUT2D eigenvalue weighted by Gasteiger charge is 2.36. The van der Waals surface area contributed by atoms with Crippen LogP contribution in [-0.4, -0.2) is 4.92 Å². The molecule has 1 aliphatic carbocycles. The highest BCUT2D eigenvalue weighted by molar-refractivity contribution is 5.43. The Morgan fingerprint density at radius 3 is 1.85 bits per heavy atom. The van der Waals surface area contributed by atoms with Crippen LogP contribution in [0.2, 0.25) is 0 Å². The molecular weight excluding hydrogens is 334 g/mol. The molecule has 2 aromatic rings. The Balaban J connectivity index is 0.000000265. The van der Waals surface area contributed by atoms with E-state index in [9.17, 15) is 10.1 Å². The molecule has 0 N–H and O–H groups in total. The molecule has 0 saturated heterocycles. The molecule has 3 nitrogen and oxygen atoms in total. The fraction of sp³-hybridized carbons (Fsp3) is 0.500. The van der Waals surface area contributed by atoms with Crippen molar-refractivity contribution in [1.29, 1.82) is 0 Å². The molecule has 0 radical (unpaired) electrons. The molecular formula is C24H35NO2. The van der Waals surface area contributed by atoms with Gasteiger partial charge in [0.25, 0.3) is 5.69 Å². The van der Waals surface area contributed by atoms with E-state index < -0.39 is 0 Å². The second-order valence-corrected chi connectivity index (χ2v) is 8.36. The van der Waals surface area contributed by atoms with E-state index in [1.54, 1.807) is 36.2 Å². The van der Waals surface area contributed by atoms with Crippen LogP contribution >= 0.6 is 0 Å². The molecule has 27 heavy (non-hydrogen) atoms. The van der Waals surface area contributed by atoms with Crippen molar-refractivity contribution >= 4 is 5.69 Å². The van der Waals surface area contributed by atoms with Gasteiger partial charge >= 0.3 is 0 Å². The fourth-order valence-corrected chi connectivity index (χ4v) is 3.47. The summed E-state index contributed by atoms with van der Waals surface area (Å²) in [6.45, 7) is 17.4. The van der Waals surface area contributed by atoms with Gasteiger partial charge in [0, 0.05) is 11.6 Å². The van der Waals surface area contributed by atoms with Gasteiger partial charge in [-0.25, -0.2) is 0 Å². The highest BCUT2D eigenvalue weighted by Crippen LogP contribution is 2.45. The minimum atomic E-state index is -0.380. The van der Waals surface area contributed by atoms with Crippen LogP contribution in [0.1, 0.15) is 76.6 Å². The Morgan fingerprint density at radius 1 is 0.852 bits per heavy atom. The van der Waals surface area contributed by atoms with E-state index in [4.69, 9.17) is 0 Å². The maximum atomic E-state index is 10.2. The van der Waals surface area contributed by atoms with E-state index in [2.05, 4.69) is 52.8 Å². The molecule has 0 fully saturated rings. The number of fused-ring (bicyclic) bond motifs is 1. The molecule has 3 heteroatoms. The first-order valence-electron chi connectivity index (χ1n) is 9.86. The minimum Gasteiger partial charge on any atom is -0.258 e. The normalized spacial score (nSPS) is 16.0. The van der Waals surface area contributed by atoms with E-state index in [1.165, 1.54) is 24.5 Å². The summed E-state index contributed by atoms with van der Waals surface area (Å²) in [5.41, 5.74) is 6.12. The lowest BCUT2D eigenvalue weighted by atomic mass is 9.63. The molecule has 0 heterocycles. The van der Waals surface area contributed by atoms with E-state index in [0.29, 0.717) is 16.4 Å². The van der Waals surface area contributed by atoms with Gasteiger partial charge in [0.15, 0.2) is 0 Å². The molecule has 0 aliphatic heterocycles. The van der Waals surface area contributed by atoms with Crippen molar-refractivity contribution in [3.8, 4) is 0 Å². The predicted octanol–water partition coefficient (Wildman–Crippen LogP) is 7.27. The molecule has 1 aliphatic rings. The summed E-state index contributed by atoms with van der Waals surface area (Å²) >= 11 is 0. The average molecular weight is 370 g/mol. The lowest BCUT2D eigenvalue weighted by Crippen LogP contribution is -2.33. The van der Waals surface area contributed by atoms with Gasteiger partial charge < -0.3 is 0 Å². The van der Waals surface area contributed by atoms with E-state index >= 15 is 0 Å². The van der Waals surface area contributed by atoms with Crippen molar-refractivity contribution in [2.24, 2.45) is 0 Å². The molecule has 2 aromatic carbocycles. The average Bonchev–Trinajstić information content (AvgIpc) is 2.61. The lowest BCUT2D eigenvalue weighted by molar-refractivity contribution is -0.385. The first kappa shape index (κ1) is 22.9. The standard InChI is InChI=1S/C15H22.C7H7NO2.C2H6/c1-11-6-7-12-13(10-11)15(4,5)9-8-14(12,2)3;1-6-4-2-3-5-7(6)8(9)10;1-2/h6-7,10H,8-9H2,1-5H3;2-5H,1H3;1-2H3. The van der Waals surface area contributed by atoms with Gasteiger partial charge in [0.2, 0.25) is 0 Å². The Labute approximate surface area is 165 Å². The Kier molecular flexibility index (Phi) is 7.77. The summed E-state index contributed by atoms with van der Waals surface area (Å²) in [6.07, 6.45) is 2.60. The number of hydrogen-bond donors (Lipinski definition) is 0. The van der Waals surface area contributed by atoms with Crippen LogP contribution in [-0.2, 0) is 10.8 Å². The van der Waals surface area contributed by atoms with Crippen LogP contribution in [0.4, 0.5) is 5.69 Å². The third-order valence-electron chi connectivity index (χ3n) is 5.32. The summed E-state index contributed by atoms with van der Waals surface area (Å²) in [6, 6.07) is 13.6. The molecule has 3 rings (SSSR count). The van der Waals surface area contributed by atoms with Crippen molar-refractivity contribution in [3.63, 3.8) is 0 Å². The van der Waals surface area contributed by atoms with Crippen LogP contribution in [0.5, 0.6) is 0 Å². The van der Waals surface area contributed by atoms with Crippen LogP contribution in [0.15, 0.2) is 42.5 Å². The molecule has 0 aromatic heterocycles. The molecule has 0 amide bonds. The summed E-state index contributed by atoms with van der Waals surface area (Å²) in [7, 11) is 0. The maximum Gasteiger partial charge on any atom is 0.272 e. The van der Waals surface area contributed by atoms with Crippen LogP contribution in [0.3, 0.4) is 0 Å². The molecule has 0 unspecified atom stereocenters. The number of benzene rings is 2. The number of hydrogen-bond acceptors (Lipinski definition) is 2. The van der Waals surface area contributed by atoms with E-state index in [-0.39, 0.29) is 10.6 Å². The number of nitro benzene ring substituents is 1. The van der Waals surface area contributed by atoms with Gasteiger partial charge in [0.05, 0.1) is 4.92 Å². The number of rotatable bonds is 1. The number of aryl methyl sites for hydroxylation is 2. The Hall–Kier alpha value is -2.16. The van der Waals surface area contributed by atoms with Crippen LogP contribution < -0.4 is 0 Å². The molecule has 0 spiro atoms. The zero-order chi connectivity index (χ0) is 20.8. The van der Waals surface area contributed by atoms with Crippen molar-refractivity contribution in [2.75, 3.05) is 0 Å². The van der Waals surface area contributed by atoms with Gasteiger partial charge in [0.1, 0.15) is 0 Å². The van der Waals surface area contributed by atoms with Crippen molar-refractivity contribution in [3.05, 3.63) is 74.8 Å². The Morgan fingerprint density at radius 2 is 1.37 bits per heavy atom. The summed E-state index contributed by atoms with van der Waals surface area (Å²) in [5.74, 6) is 0. The van der Waals surface area contributed by atoms with Gasteiger partial charge in [-0.15, -0.1) is 0 Å². The summed E-state index contributed by atoms with van der Waals surface area (Å²) in [5, 5.41) is 10.2. The van der Waals surface area contributed by atoms with E-state index in [0.717, 1.165) is 0 Å².